The standard InChI is InChI=1S/C13H17FO/c1-10-6-7-12(13(2,3)14)9-11(10)5-4-8-15/h6-9H,4-5H2,1-3H3. The van der Waals surface area contributed by atoms with E-state index >= 15 is 0 Å². The second kappa shape index (κ2) is 4.56. The quantitative estimate of drug-likeness (QED) is 0.694. The first-order chi connectivity index (χ1) is 6.95. The summed E-state index contributed by atoms with van der Waals surface area (Å²) < 4.78 is 13.7. The minimum Gasteiger partial charge on any atom is -0.303 e. The zero-order chi connectivity index (χ0) is 11.5. The second-order valence-corrected chi connectivity index (χ2v) is 4.32. The summed E-state index contributed by atoms with van der Waals surface area (Å²) in [5.74, 6) is 0. The van der Waals surface area contributed by atoms with Crippen LogP contribution in [0.4, 0.5) is 4.39 Å². The highest BCUT2D eigenvalue weighted by atomic mass is 19.1. The van der Waals surface area contributed by atoms with Crippen LogP contribution in [0.2, 0.25) is 0 Å². The van der Waals surface area contributed by atoms with Gasteiger partial charge in [-0.05, 0) is 43.9 Å². The Hall–Kier alpha value is -1.18. The van der Waals surface area contributed by atoms with Gasteiger partial charge in [0.15, 0.2) is 0 Å². The number of rotatable bonds is 4. The third-order valence-electron chi connectivity index (χ3n) is 2.57. The summed E-state index contributed by atoms with van der Waals surface area (Å²) in [5, 5.41) is 0. The highest BCUT2D eigenvalue weighted by Crippen LogP contribution is 2.26. The van der Waals surface area contributed by atoms with E-state index in [9.17, 15) is 9.18 Å². The van der Waals surface area contributed by atoms with E-state index in [4.69, 9.17) is 0 Å². The van der Waals surface area contributed by atoms with Crippen molar-refractivity contribution in [3.63, 3.8) is 0 Å². The summed E-state index contributed by atoms with van der Waals surface area (Å²) in [5.41, 5.74) is 1.54. The van der Waals surface area contributed by atoms with E-state index in [-0.39, 0.29) is 0 Å². The van der Waals surface area contributed by atoms with Gasteiger partial charge in [-0.25, -0.2) is 4.39 Å². The number of halogens is 1. The Morgan fingerprint density at radius 2 is 2.07 bits per heavy atom. The van der Waals surface area contributed by atoms with Crippen LogP contribution in [0, 0.1) is 6.92 Å². The number of alkyl halides is 1. The third kappa shape index (κ3) is 3.15. The number of benzene rings is 1. The van der Waals surface area contributed by atoms with Crippen LogP contribution in [-0.4, -0.2) is 6.29 Å². The first-order valence-electron chi connectivity index (χ1n) is 5.17. The first-order valence-corrected chi connectivity index (χ1v) is 5.17. The molecule has 0 aliphatic carbocycles. The van der Waals surface area contributed by atoms with E-state index in [2.05, 4.69) is 0 Å². The van der Waals surface area contributed by atoms with E-state index < -0.39 is 5.67 Å². The van der Waals surface area contributed by atoms with Crippen molar-refractivity contribution in [3.8, 4) is 0 Å². The minimum atomic E-state index is -1.32. The lowest BCUT2D eigenvalue weighted by molar-refractivity contribution is -0.107. The van der Waals surface area contributed by atoms with Crippen LogP contribution in [0.5, 0.6) is 0 Å². The van der Waals surface area contributed by atoms with Crippen molar-refractivity contribution in [2.45, 2.75) is 39.3 Å². The third-order valence-corrected chi connectivity index (χ3v) is 2.57. The number of hydrogen-bond acceptors (Lipinski definition) is 1. The van der Waals surface area contributed by atoms with Crippen LogP contribution in [0.25, 0.3) is 0 Å². The molecule has 0 fully saturated rings. The van der Waals surface area contributed by atoms with E-state index in [1.54, 1.807) is 19.9 Å². The van der Waals surface area contributed by atoms with Crippen LogP contribution in [0.1, 0.15) is 37.0 Å². The predicted molar refractivity (Wildman–Crippen MR) is 59.7 cm³/mol. The maximum Gasteiger partial charge on any atom is 0.130 e. The number of aldehydes is 1. The lowest BCUT2D eigenvalue weighted by Gasteiger charge is -2.16. The molecule has 82 valence electrons. The summed E-state index contributed by atoms with van der Waals surface area (Å²) in [6, 6.07) is 5.58. The maximum absolute atomic E-state index is 13.7. The van der Waals surface area contributed by atoms with E-state index in [0.29, 0.717) is 18.4 Å². The van der Waals surface area contributed by atoms with E-state index in [1.165, 1.54) is 0 Å². The fourth-order valence-corrected chi connectivity index (χ4v) is 1.53. The molecule has 0 bridgehead atoms. The Kier molecular flexibility index (Phi) is 3.61. The van der Waals surface area contributed by atoms with E-state index in [0.717, 1.165) is 17.4 Å². The number of aryl methyl sites for hydroxylation is 2. The van der Waals surface area contributed by atoms with Crippen LogP contribution >= 0.6 is 0 Å². The van der Waals surface area contributed by atoms with Gasteiger partial charge in [-0.3, -0.25) is 0 Å². The Morgan fingerprint density at radius 3 is 2.60 bits per heavy atom. The molecule has 0 saturated carbocycles. The Balaban J connectivity index is 3.00. The highest BCUT2D eigenvalue weighted by Gasteiger charge is 2.19. The smallest absolute Gasteiger partial charge is 0.130 e. The van der Waals surface area contributed by atoms with Crippen molar-refractivity contribution >= 4 is 6.29 Å². The molecule has 0 saturated heterocycles. The molecule has 0 amide bonds. The molecule has 0 aromatic heterocycles. The molecule has 1 aromatic carbocycles. The van der Waals surface area contributed by atoms with Gasteiger partial charge < -0.3 is 4.79 Å². The van der Waals surface area contributed by atoms with Crippen LogP contribution in [-0.2, 0) is 16.9 Å². The Bertz CT molecular complexity index is 350. The number of carbonyl (C=O) groups is 1. The molecule has 0 unspecified atom stereocenters. The zero-order valence-electron chi connectivity index (χ0n) is 9.51. The maximum atomic E-state index is 13.7. The van der Waals surface area contributed by atoms with Gasteiger partial charge in [-0.1, -0.05) is 18.2 Å². The molecule has 0 spiro atoms. The van der Waals surface area contributed by atoms with Gasteiger partial charge in [0.2, 0.25) is 0 Å². The van der Waals surface area contributed by atoms with Crippen molar-refractivity contribution in [1.82, 2.24) is 0 Å². The van der Waals surface area contributed by atoms with Gasteiger partial charge in [-0.15, -0.1) is 0 Å². The average molecular weight is 208 g/mol. The topological polar surface area (TPSA) is 17.1 Å². The van der Waals surface area contributed by atoms with Crippen LogP contribution < -0.4 is 0 Å². The van der Waals surface area contributed by atoms with Gasteiger partial charge in [0.1, 0.15) is 12.0 Å². The van der Waals surface area contributed by atoms with Crippen molar-refractivity contribution in [1.29, 1.82) is 0 Å². The SMILES string of the molecule is Cc1ccc(C(C)(C)F)cc1CCC=O. The number of hydrogen-bond donors (Lipinski definition) is 0. The van der Waals surface area contributed by atoms with Gasteiger partial charge in [-0.2, -0.15) is 0 Å². The molecule has 0 aliphatic heterocycles. The van der Waals surface area contributed by atoms with Crippen molar-refractivity contribution in [2.24, 2.45) is 0 Å². The molecule has 1 rings (SSSR count). The van der Waals surface area contributed by atoms with Gasteiger partial charge in [0.05, 0.1) is 0 Å². The largest absolute Gasteiger partial charge is 0.303 e. The summed E-state index contributed by atoms with van der Waals surface area (Å²) >= 11 is 0. The molecular weight excluding hydrogens is 191 g/mol. The molecule has 0 atom stereocenters. The lowest BCUT2D eigenvalue weighted by atomic mass is 9.94. The summed E-state index contributed by atoms with van der Waals surface area (Å²) in [7, 11) is 0. The Morgan fingerprint density at radius 1 is 1.40 bits per heavy atom. The average Bonchev–Trinajstić information content (AvgIpc) is 2.15. The molecule has 2 heteroatoms. The fourth-order valence-electron chi connectivity index (χ4n) is 1.53. The first kappa shape index (κ1) is 11.9. The molecule has 0 heterocycles. The minimum absolute atomic E-state index is 0.497. The second-order valence-electron chi connectivity index (χ2n) is 4.32. The van der Waals surface area contributed by atoms with E-state index in [1.807, 2.05) is 19.1 Å². The predicted octanol–water partition coefficient (Wildman–Crippen LogP) is 3.33. The number of carbonyl (C=O) groups excluding carboxylic acids is 1. The molecule has 15 heavy (non-hydrogen) atoms. The summed E-state index contributed by atoms with van der Waals surface area (Å²) in [4.78, 5) is 10.3. The molecule has 1 nitrogen and oxygen atoms in total. The van der Waals surface area contributed by atoms with Crippen molar-refractivity contribution in [2.75, 3.05) is 0 Å². The summed E-state index contributed by atoms with van der Waals surface area (Å²) in [6.07, 6.45) is 2.09. The monoisotopic (exact) mass is 208 g/mol. The lowest BCUT2D eigenvalue weighted by Crippen LogP contribution is -2.09. The zero-order valence-corrected chi connectivity index (χ0v) is 9.51. The molecule has 1 aromatic rings. The van der Waals surface area contributed by atoms with Crippen molar-refractivity contribution in [3.05, 3.63) is 34.9 Å². The fraction of sp³-hybridized carbons (Fsp3) is 0.462. The van der Waals surface area contributed by atoms with Gasteiger partial charge >= 0.3 is 0 Å². The normalized spacial score (nSPS) is 11.5. The molecule has 0 aliphatic rings. The summed E-state index contributed by atoms with van der Waals surface area (Å²) in [6.45, 7) is 5.07. The molecule has 0 radical (unpaired) electrons. The van der Waals surface area contributed by atoms with Crippen molar-refractivity contribution < 1.29 is 9.18 Å². The van der Waals surface area contributed by atoms with Gasteiger partial charge in [0.25, 0.3) is 0 Å². The molecular formula is C13H17FO. The van der Waals surface area contributed by atoms with Crippen LogP contribution in [0.15, 0.2) is 18.2 Å². The highest BCUT2D eigenvalue weighted by molar-refractivity contribution is 5.50. The van der Waals surface area contributed by atoms with Gasteiger partial charge in [0, 0.05) is 6.42 Å². The van der Waals surface area contributed by atoms with Crippen LogP contribution in [0.3, 0.4) is 0 Å². The molecule has 0 N–H and O–H groups in total. The Labute approximate surface area is 90.3 Å².